The van der Waals surface area contributed by atoms with Gasteiger partial charge in [0.15, 0.2) is 24.0 Å². The lowest BCUT2D eigenvalue weighted by atomic mass is 10.2. The average molecular weight is 278 g/mol. The van der Waals surface area contributed by atoms with Crippen LogP contribution in [-0.4, -0.2) is 21.2 Å². The van der Waals surface area contributed by atoms with Crippen molar-refractivity contribution in [3.05, 3.63) is 41.3 Å². The van der Waals surface area contributed by atoms with Gasteiger partial charge in [-0.15, -0.1) is 0 Å². The molecule has 1 aliphatic carbocycles. The molecule has 1 aromatic carbocycles. The van der Waals surface area contributed by atoms with Crippen molar-refractivity contribution in [1.29, 1.82) is 0 Å². The minimum absolute atomic E-state index is 0.166. The molecular formula is C13H11FN2O4. The Labute approximate surface area is 113 Å². The largest absolute Gasteiger partial charge is 0.480 e. The number of nitrogens with zero attached hydrogens (tertiary/aromatic N) is 2. The van der Waals surface area contributed by atoms with E-state index in [2.05, 4.69) is 10.1 Å². The highest BCUT2D eigenvalue weighted by atomic mass is 19.1. The summed E-state index contributed by atoms with van der Waals surface area (Å²) in [5.41, 5.74) is -0.244. The third-order valence-electron chi connectivity index (χ3n) is 2.96. The highest BCUT2D eigenvalue weighted by Gasteiger charge is 2.29. The van der Waals surface area contributed by atoms with E-state index in [9.17, 15) is 9.18 Å². The van der Waals surface area contributed by atoms with Gasteiger partial charge in [-0.3, -0.25) is 0 Å². The first-order valence-electron chi connectivity index (χ1n) is 6.12. The second kappa shape index (κ2) is 4.92. The zero-order valence-corrected chi connectivity index (χ0v) is 10.4. The van der Waals surface area contributed by atoms with Gasteiger partial charge >= 0.3 is 5.97 Å². The molecule has 3 rings (SSSR count). The summed E-state index contributed by atoms with van der Waals surface area (Å²) in [6.07, 6.45) is 2.08. The van der Waals surface area contributed by atoms with Crippen LogP contribution in [0.3, 0.4) is 0 Å². The summed E-state index contributed by atoms with van der Waals surface area (Å²) >= 11 is 0. The fourth-order valence-corrected chi connectivity index (χ4v) is 1.79. The van der Waals surface area contributed by atoms with Crippen LogP contribution in [0.15, 0.2) is 22.7 Å². The number of ether oxygens (including phenoxy) is 1. The van der Waals surface area contributed by atoms with Crippen molar-refractivity contribution >= 4 is 5.97 Å². The third kappa shape index (κ3) is 2.47. The second-order valence-corrected chi connectivity index (χ2v) is 4.53. The highest BCUT2D eigenvalue weighted by molar-refractivity contribution is 5.90. The zero-order chi connectivity index (χ0) is 14.1. The van der Waals surface area contributed by atoms with Gasteiger partial charge in [-0.1, -0.05) is 11.2 Å². The number of benzene rings is 1. The molecule has 0 bridgehead atoms. The lowest BCUT2D eigenvalue weighted by Gasteiger charge is -2.07. The summed E-state index contributed by atoms with van der Waals surface area (Å²) in [7, 11) is 0. The molecule has 0 amide bonds. The lowest BCUT2D eigenvalue weighted by molar-refractivity contribution is 0.0689. The summed E-state index contributed by atoms with van der Waals surface area (Å²) in [6, 6.07) is 3.71. The van der Waals surface area contributed by atoms with Crippen molar-refractivity contribution < 1.29 is 23.6 Å². The molecule has 2 aromatic rings. The molecule has 1 fully saturated rings. The van der Waals surface area contributed by atoms with Gasteiger partial charge < -0.3 is 14.4 Å². The molecule has 1 saturated carbocycles. The third-order valence-corrected chi connectivity index (χ3v) is 2.96. The topological polar surface area (TPSA) is 85.5 Å². The van der Waals surface area contributed by atoms with E-state index in [1.54, 1.807) is 0 Å². The van der Waals surface area contributed by atoms with Gasteiger partial charge in [0, 0.05) is 5.92 Å². The van der Waals surface area contributed by atoms with E-state index in [4.69, 9.17) is 14.4 Å². The zero-order valence-electron chi connectivity index (χ0n) is 10.4. The molecule has 104 valence electrons. The predicted molar refractivity (Wildman–Crippen MR) is 64.0 cm³/mol. The number of hydrogen-bond acceptors (Lipinski definition) is 5. The van der Waals surface area contributed by atoms with E-state index in [1.165, 1.54) is 12.1 Å². The van der Waals surface area contributed by atoms with Crippen molar-refractivity contribution in [1.82, 2.24) is 10.1 Å². The van der Waals surface area contributed by atoms with Gasteiger partial charge in [-0.25, -0.2) is 9.18 Å². The van der Waals surface area contributed by atoms with Crippen LogP contribution in [0.1, 0.15) is 40.8 Å². The lowest BCUT2D eigenvalue weighted by Crippen LogP contribution is -2.05. The van der Waals surface area contributed by atoms with Gasteiger partial charge in [0.1, 0.15) is 5.56 Å². The molecule has 20 heavy (non-hydrogen) atoms. The molecule has 0 spiro atoms. The van der Waals surface area contributed by atoms with E-state index in [0.717, 1.165) is 18.9 Å². The molecule has 0 aliphatic heterocycles. The van der Waals surface area contributed by atoms with Gasteiger partial charge in [0.2, 0.25) is 0 Å². The van der Waals surface area contributed by atoms with Crippen molar-refractivity contribution in [2.45, 2.75) is 25.4 Å². The quantitative estimate of drug-likeness (QED) is 0.903. The molecule has 1 heterocycles. The van der Waals surface area contributed by atoms with Crippen LogP contribution in [0, 0.1) is 5.82 Å². The van der Waals surface area contributed by atoms with Crippen LogP contribution in [0.25, 0.3) is 0 Å². The van der Waals surface area contributed by atoms with Crippen LogP contribution in [0.5, 0.6) is 5.75 Å². The fraction of sp³-hybridized carbons (Fsp3) is 0.308. The first kappa shape index (κ1) is 12.6. The summed E-state index contributed by atoms with van der Waals surface area (Å²) in [4.78, 5) is 15.1. The van der Waals surface area contributed by atoms with E-state index >= 15 is 0 Å². The molecule has 1 N–H and O–H groups in total. The number of para-hydroxylation sites is 1. The number of halogens is 1. The number of aromatic carboxylic acids is 1. The Morgan fingerprint density at radius 1 is 1.50 bits per heavy atom. The van der Waals surface area contributed by atoms with Gasteiger partial charge in [-0.05, 0) is 25.0 Å². The normalized spacial score (nSPS) is 14.2. The Balaban J connectivity index is 1.75. The Bertz CT molecular complexity index is 652. The summed E-state index contributed by atoms with van der Waals surface area (Å²) < 4.78 is 23.8. The standard InChI is InChI=1S/C13H11FN2O4/c14-9-3-1-2-8(13(17)18)11(9)19-6-10-15-12(16-20-10)7-4-5-7/h1-3,7H,4-6H2,(H,17,18). The van der Waals surface area contributed by atoms with E-state index < -0.39 is 11.8 Å². The summed E-state index contributed by atoms with van der Waals surface area (Å²) in [5, 5.41) is 12.8. The average Bonchev–Trinajstić information content (AvgIpc) is 3.16. The van der Waals surface area contributed by atoms with Crippen LogP contribution < -0.4 is 4.74 Å². The second-order valence-electron chi connectivity index (χ2n) is 4.53. The highest BCUT2D eigenvalue weighted by Crippen LogP contribution is 2.38. The van der Waals surface area contributed by atoms with Crippen molar-refractivity contribution in [3.63, 3.8) is 0 Å². The van der Waals surface area contributed by atoms with E-state index in [0.29, 0.717) is 11.7 Å². The predicted octanol–water partition coefficient (Wildman–Crippen LogP) is 2.36. The molecule has 0 atom stereocenters. The molecule has 0 radical (unpaired) electrons. The summed E-state index contributed by atoms with van der Waals surface area (Å²) in [5.74, 6) is -1.17. The Kier molecular flexibility index (Phi) is 3.09. The van der Waals surface area contributed by atoms with E-state index in [1.807, 2.05) is 0 Å². The van der Waals surface area contributed by atoms with Crippen molar-refractivity contribution in [3.8, 4) is 5.75 Å². The van der Waals surface area contributed by atoms with Crippen molar-refractivity contribution in [2.75, 3.05) is 0 Å². The number of carboxylic acid groups (broad SMARTS) is 1. The molecule has 1 aliphatic rings. The first-order valence-corrected chi connectivity index (χ1v) is 6.12. The van der Waals surface area contributed by atoms with Crippen LogP contribution >= 0.6 is 0 Å². The minimum Gasteiger partial charge on any atom is -0.480 e. The molecule has 0 saturated heterocycles. The maximum atomic E-state index is 13.6. The number of aromatic nitrogens is 2. The van der Waals surface area contributed by atoms with Gasteiger partial charge in [0.25, 0.3) is 5.89 Å². The number of rotatable bonds is 5. The molecular weight excluding hydrogens is 267 g/mol. The Morgan fingerprint density at radius 2 is 2.30 bits per heavy atom. The van der Waals surface area contributed by atoms with Crippen LogP contribution in [0.2, 0.25) is 0 Å². The minimum atomic E-state index is -1.26. The Hall–Kier alpha value is -2.44. The molecule has 6 nitrogen and oxygen atoms in total. The maximum Gasteiger partial charge on any atom is 0.339 e. The first-order chi connectivity index (χ1) is 9.65. The summed E-state index contributed by atoms with van der Waals surface area (Å²) in [6.45, 7) is -0.166. The number of carboxylic acids is 1. The van der Waals surface area contributed by atoms with E-state index in [-0.39, 0.29) is 23.8 Å². The molecule has 0 unspecified atom stereocenters. The number of hydrogen-bond donors (Lipinski definition) is 1. The fourth-order valence-electron chi connectivity index (χ4n) is 1.79. The van der Waals surface area contributed by atoms with Crippen LogP contribution in [-0.2, 0) is 6.61 Å². The number of carbonyl (C=O) groups is 1. The Morgan fingerprint density at radius 3 is 3.00 bits per heavy atom. The van der Waals surface area contributed by atoms with Gasteiger partial charge in [0.05, 0.1) is 0 Å². The molecule has 7 heteroatoms. The van der Waals surface area contributed by atoms with Crippen LogP contribution in [0.4, 0.5) is 4.39 Å². The smallest absolute Gasteiger partial charge is 0.339 e. The SMILES string of the molecule is O=C(O)c1cccc(F)c1OCc1nc(C2CC2)no1. The maximum absolute atomic E-state index is 13.6. The monoisotopic (exact) mass is 278 g/mol. The van der Waals surface area contributed by atoms with Crippen molar-refractivity contribution in [2.24, 2.45) is 0 Å². The molecule has 1 aromatic heterocycles. The van der Waals surface area contributed by atoms with Gasteiger partial charge in [-0.2, -0.15) is 4.98 Å².